The zero-order valence-corrected chi connectivity index (χ0v) is 11.6. The third kappa shape index (κ3) is 4.64. The van der Waals surface area contributed by atoms with E-state index in [1.54, 1.807) is 18.4 Å². The van der Waals surface area contributed by atoms with Crippen LogP contribution in [0.15, 0.2) is 16.8 Å². The van der Waals surface area contributed by atoms with Crippen LogP contribution >= 0.6 is 11.3 Å². The first-order chi connectivity index (χ1) is 7.57. The van der Waals surface area contributed by atoms with Crippen LogP contribution in [-0.4, -0.2) is 25.8 Å². The predicted molar refractivity (Wildman–Crippen MR) is 71.2 cm³/mol. The number of thiophene rings is 1. The van der Waals surface area contributed by atoms with Gasteiger partial charge < -0.3 is 10.1 Å². The number of hydrogen-bond donors (Lipinski definition) is 1. The molecule has 1 rings (SSSR count). The quantitative estimate of drug-likeness (QED) is 0.792. The molecule has 0 saturated heterocycles. The van der Waals surface area contributed by atoms with Crippen LogP contribution in [0, 0.1) is 0 Å². The monoisotopic (exact) mass is 241 g/mol. The second kappa shape index (κ2) is 6.38. The van der Waals surface area contributed by atoms with Gasteiger partial charge in [0.15, 0.2) is 0 Å². The van der Waals surface area contributed by atoms with Crippen LogP contribution in [0.2, 0.25) is 0 Å². The molecule has 0 aliphatic rings. The summed E-state index contributed by atoms with van der Waals surface area (Å²) in [4.78, 5) is 0. The summed E-state index contributed by atoms with van der Waals surface area (Å²) >= 11 is 1.77. The molecule has 0 aromatic carbocycles. The van der Waals surface area contributed by atoms with Gasteiger partial charge in [0.2, 0.25) is 0 Å². The third-order valence-electron chi connectivity index (χ3n) is 3.12. The fraction of sp³-hybridized carbons (Fsp3) is 0.692. The third-order valence-corrected chi connectivity index (χ3v) is 3.85. The lowest BCUT2D eigenvalue weighted by Crippen LogP contribution is -2.31. The highest BCUT2D eigenvalue weighted by Crippen LogP contribution is 2.18. The minimum absolute atomic E-state index is 0.0102. The molecule has 0 aliphatic heterocycles. The van der Waals surface area contributed by atoms with Gasteiger partial charge in [-0.3, -0.25) is 0 Å². The van der Waals surface area contributed by atoms with Crippen LogP contribution in [0.1, 0.15) is 32.3 Å². The van der Waals surface area contributed by atoms with E-state index in [2.05, 4.69) is 36.0 Å². The Bertz CT molecular complexity index is 282. The normalized spacial score (nSPS) is 14.0. The van der Waals surface area contributed by atoms with Crippen LogP contribution in [0.25, 0.3) is 0 Å². The van der Waals surface area contributed by atoms with Gasteiger partial charge in [-0.1, -0.05) is 0 Å². The van der Waals surface area contributed by atoms with Crippen LogP contribution in [0.3, 0.4) is 0 Å². The molecule has 92 valence electrons. The molecular weight excluding hydrogens is 218 g/mol. The Balaban J connectivity index is 2.38. The molecule has 0 saturated carbocycles. The summed E-state index contributed by atoms with van der Waals surface area (Å²) in [5, 5.41) is 7.75. The Morgan fingerprint density at radius 1 is 1.50 bits per heavy atom. The summed E-state index contributed by atoms with van der Waals surface area (Å²) < 4.78 is 5.44. The molecule has 1 unspecified atom stereocenters. The summed E-state index contributed by atoms with van der Waals surface area (Å²) in [6.45, 7) is 4.29. The van der Waals surface area contributed by atoms with Gasteiger partial charge in [0.05, 0.1) is 5.60 Å². The number of ether oxygens (including phenoxy) is 1. The van der Waals surface area contributed by atoms with E-state index in [4.69, 9.17) is 4.74 Å². The van der Waals surface area contributed by atoms with Crippen molar-refractivity contribution >= 4 is 11.3 Å². The summed E-state index contributed by atoms with van der Waals surface area (Å²) in [6, 6.07) is 2.75. The smallest absolute Gasteiger partial charge is 0.0623 e. The fourth-order valence-electron chi connectivity index (χ4n) is 1.67. The molecule has 0 amide bonds. The summed E-state index contributed by atoms with van der Waals surface area (Å²) in [5.74, 6) is 0. The summed E-state index contributed by atoms with van der Waals surface area (Å²) in [6.07, 6.45) is 3.34. The second-order valence-electron chi connectivity index (χ2n) is 4.82. The zero-order valence-electron chi connectivity index (χ0n) is 10.7. The minimum atomic E-state index is -0.0102. The van der Waals surface area contributed by atoms with Gasteiger partial charge in [-0.15, -0.1) is 0 Å². The Labute approximate surface area is 103 Å². The van der Waals surface area contributed by atoms with Crippen molar-refractivity contribution in [2.45, 2.75) is 44.8 Å². The number of rotatable bonds is 7. The minimum Gasteiger partial charge on any atom is -0.379 e. The van der Waals surface area contributed by atoms with Gasteiger partial charge in [0.1, 0.15) is 0 Å². The largest absolute Gasteiger partial charge is 0.379 e. The Kier molecular flexibility index (Phi) is 5.46. The Morgan fingerprint density at radius 3 is 2.75 bits per heavy atom. The van der Waals surface area contributed by atoms with E-state index in [-0.39, 0.29) is 5.60 Å². The van der Waals surface area contributed by atoms with E-state index in [0.717, 1.165) is 19.3 Å². The maximum Gasteiger partial charge on any atom is 0.0623 e. The maximum atomic E-state index is 5.44. The van der Waals surface area contributed by atoms with Crippen LogP contribution < -0.4 is 5.32 Å². The lowest BCUT2D eigenvalue weighted by molar-refractivity contribution is 0.0119. The van der Waals surface area contributed by atoms with Crippen molar-refractivity contribution < 1.29 is 4.74 Å². The number of nitrogens with one attached hydrogen (secondary N) is 1. The Morgan fingerprint density at radius 2 is 2.25 bits per heavy atom. The summed E-state index contributed by atoms with van der Waals surface area (Å²) in [7, 11) is 3.82. The molecule has 0 bridgehead atoms. The van der Waals surface area contributed by atoms with Crippen molar-refractivity contribution in [3.05, 3.63) is 22.4 Å². The van der Waals surface area contributed by atoms with Gasteiger partial charge in [-0.05, 0) is 62.5 Å². The lowest BCUT2D eigenvalue weighted by atomic mass is 9.96. The molecule has 0 aliphatic carbocycles. The number of likely N-dealkylation sites (N-methyl/N-ethyl adjacent to an activating group) is 1. The average Bonchev–Trinajstić information content (AvgIpc) is 2.77. The van der Waals surface area contributed by atoms with Gasteiger partial charge in [-0.2, -0.15) is 11.3 Å². The standard InChI is InChI=1S/C13H23NOS/c1-13(2,15-4)7-5-12(14-3)9-11-6-8-16-10-11/h6,8,10,12,14H,5,7,9H2,1-4H3. The van der Waals surface area contributed by atoms with Gasteiger partial charge in [0.25, 0.3) is 0 Å². The predicted octanol–water partition coefficient (Wildman–Crippen LogP) is 3.08. The zero-order chi connectivity index (χ0) is 12.0. The van der Waals surface area contributed by atoms with Crippen molar-refractivity contribution in [1.29, 1.82) is 0 Å². The van der Waals surface area contributed by atoms with E-state index in [9.17, 15) is 0 Å². The lowest BCUT2D eigenvalue weighted by Gasteiger charge is -2.25. The molecule has 1 N–H and O–H groups in total. The molecular formula is C13H23NOS. The number of methoxy groups -OCH3 is 1. The Hall–Kier alpha value is -0.380. The molecule has 0 spiro atoms. The molecule has 1 aromatic rings. The van der Waals surface area contributed by atoms with Crippen molar-refractivity contribution in [2.75, 3.05) is 14.2 Å². The van der Waals surface area contributed by atoms with E-state index >= 15 is 0 Å². The first-order valence-electron chi connectivity index (χ1n) is 5.81. The molecule has 16 heavy (non-hydrogen) atoms. The van der Waals surface area contributed by atoms with Crippen molar-refractivity contribution in [2.24, 2.45) is 0 Å². The van der Waals surface area contributed by atoms with Crippen LogP contribution in [0.4, 0.5) is 0 Å². The molecule has 2 nitrogen and oxygen atoms in total. The van der Waals surface area contributed by atoms with E-state index in [1.165, 1.54) is 5.56 Å². The van der Waals surface area contributed by atoms with E-state index < -0.39 is 0 Å². The summed E-state index contributed by atoms with van der Waals surface area (Å²) in [5.41, 5.74) is 1.42. The molecule has 1 aromatic heterocycles. The van der Waals surface area contributed by atoms with E-state index in [1.807, 2.05) is 7.05 Å². The molecule has 0 radical (unpaired) electrons. The average molecular weight is 241 g/mol. The maximum absolute atomic E-state index is 5.44. The number of hydrogen-bond acceptors (Lipinski definition) is 3. The molecule has 3 heteroatoms. The highest BCUT2D eigenvalue weighted by Gasteiger charge is 2.18. The van der Waals surface area contributed by atoms with Crippen LogP contribution in [0.5, 0.6) is 0 Å². The van der Waals surface area contributed by atoms with E-state index in [0.29, 0.717) is 6.04 Å². The second-order valence-corrected chi connectivity index (χ2v) is 5.60. The van der Waals surface area contributed by atoms with Crippen LogP contribution in [-0.2, 0) is 11.2 Å². The first-order valence-corrected chi connectivity index (χ1v) is 6.75. The fourth-order valence-corrected chi connectivity index (χ4v) is 2.35. The first kappa shape index (κ1) is 13.7. The highest BCUT2D eigenvalue weighted by atomic mass is 32.1. The highest BCUT2D eigenvalue weighted by molar-refractivity contribution is 7.07. The molecule has 1 atom stereocenters. The van der Waals surface area contributed by atoms with Gasteiger partial charge in [0, 0.05) is 13.2 Å². The molecule has 1 heterocycles. The van der Waals surface area contributed by atoms with Gasteiger partial charge >= 0.3 is 0 Å². The van der Waals surface area contributed by atoms with Crippen molar-refractivity contribution in [1.82, 2.24) is 5.32 Å². The van der Waals surface area contributed by atoms with Gasteiger partial charge in [-0.25, -0.2) is 0 Å². The molecule has 0 fully saturated rings. The van der Waals surface area contributed by atoms with Crippen molar-refractivity contribution in [3.8, 4) is 0 Å². The van der Waals surface area contributed by atoms with Crippen molar-refractivity contribution in [3.63, 3.8) is 0 Å². The topological polar surface area (TPSA) is 21.3 Å². The SMILES string of the molecule is CNC(CCC(C)(C)OC)Cc1ccsc1.